The lowest BCUT2D eigenvalue weighted by Gasteiger charge is -2.17. The van der Waals surface area contributed by atoms with Crippen LogP contribution in [0.15, 0.2) is 84.9 Å². The molecule has 0 aliphatic heterocycles. The summed E-state index contributed by atoms with van der Waals surface area (Å²) in [5.74, 6) is 0.103. The molecule has 3 aromatic carbocycles. The van der Waals surface area contributed by atoms with E-state index in [4.69, 9.17) is 14.2 Å². The van der Waals surface area contributed by atoms with Crippen molar-refractivity contribution >= 4 is 23.6 Å². The molecule has 0 aromatic heterocycles. The average molecular weight is 417 g/mol. The van der Waals surface area contributed by atoms with Gasteiger partial charge in [-0.25, -0.2) is 4.79 Å². The van der Waals surface area contributed by atoms with Crippen LogP contribution in [0.4, 0.5) is 5.69 Å². The Labute approximate surface area is 181 Å². The number of hydrogen-bond acceptors (Lipinski definition) is 5. The van der Waals surface area contributed by atoms with E-state index < -0.39 is 18.0 Å². The monoisotopic (exact) mass is 417 g/mol. The summed E-state index contributed by atoms with van der Waals surface area (Å²) in [6.45, 7) is 0. The van der Waals surface area contributed by atoms with Gasteiger partial charge >= 0.3 is 5.97 Å². The first-order chi connectivity index (χ1) is 15.1. The molecule has 158 valence electrons. The van der Waals surface area contributed by atoms with Gasteiger partial charge in [0.2, 0.25) is 6.10 Å². The van der Waals surface area contributed by atoms with Crippen molar-refractivity contribution in [3.63, 3.8) is 0 Å². The molecule has 0 fully saturated rings. The molecule has 0 saturated carbocycles. The molecule has 6 nitrogen and oxygen atoms in total. The number of carbonyl (C=O) groups is 2. The van der Waals surface area contributed by atoms with E-state index in [2.05, 4.69) is 5.32 Å². The first-order valence-corrected chi connectivity index (χ1v) is 9.62. The van der Waals surface area contributed by atoms with Gasteiger partial charge < -0.3 is 19.5 Å². The molecule has 6 heteroatoms. The molecule has 0 saturated heterocycles. The average Bonchev–Trinajstić information content (AvgIpc) is 2.82. The lowest BCUT2D eigenvalue weighted by molar-refractivity contribution is -0.149. The van der Waals surface area contributed by atoms with Crippen molar-refractivity contribution < 1.29 is 23.8 Å². The van der Waals surface area contributed by atoms with Crippen LogP contribution in [0.1, 0.15) is 17.2 Å². The van der Waals surface area contributed by atoms with Crippen LogP contribution in [0.5, 0.6) is 11.5 Å². The SMILES string of the molecule is COc1cccc(NC(=O)[C@@H](OC(=O)/C=C/c2ccccc2OC)c2ccccc2)c1. The second-order valence-electron chi connectivity index (χ2n) is 6.52. The fraction of sp³-hybridized carbons (Fsp3) is 0.120. The fourth-order valence-electron chi connectivity index (χ4n) is 2.93. The number of carbonyl (C=O) groups excluding carboxylic acids is 2. The molecule has 0 heterocycles. The molecule has 3 aromatic rings. The van der Waals surface area contributed by atoms with Crippen molar-refractivity contribution in [2.75, 3.05) is 19.5 Å². The summed E-state index contributed by atoms with van der Waals surface area (Å²) >= 11 is 0. The van der Waals surface area contributed by atoms with Crippen LogP contribution in [-0.2, 0) is 14.3 Å². The minimum Gasteiger partial charge on any atom is -0.497 e. The number of anilines is 1. The van der Waals surface area contributed by atoms with Gasteiger partial charge in [0.15, 0.2) is 0 Å². The zero-order valence-electron chi connectivity index (χ0n) is 17.3. The molecule has 1 amide bonds. The molecular weight excluding hydrogens is 394 g/mol. The van der Waals surface area contributed by atoms with Gasteiger partial charge in [-0.15, -0.1) is 0 Å². The van der Waals surface area contributed by atoms with Gasteiger partial charge in [0.1, 0.15) is 11.5 Å². The normalized spacial score (nSPS) is 11.5. The van der Waals surface area contributed by atoms with E-state index >= 15 is 0 Å². The van der Waals surface area contributed by atoms with Crippen LogP contribution >= 0.6 is 0 Å². The highest BCUT2D eigenvalue weighted by atomic mass is 16.5. The van der Waals surface area contributed by atoms with Crippen LogP contribution < -0.4 is 14.8 Å². The maximum Gasteiger partial charge on any atom is 0.331 e. The van der Waals surface area contributed by atoms with Crippen LogP contribution in [0.25, 0.3) is 6.08 Å². The van der Waals surface area contributed by atoms with Crippen molar-refractivity contribution in [3.05, 3.63) is 96.1 Å². The molecule has 31 heavy (non-hydrogen) atoms. The van der Waals surface area contributed by atoms with Crippen molar-refractivity contribution in [1.29, 1.82) is 0 Å². The Balaban J connectivity index is 1.78. The standard InChI is InChI=1S/C25H23NO5/c1-29-21-13-8-12-20(17-21)26-25(28)24(19-10-4-3-5-11-19)31-23(27)16-15-18-9-6-7-14-22(18)30-2/h3-17,24H,1-2H3,(H,26,28)/b16-15+/t24-/m0/s1. The quantitative estimate of drug-likeness (QED) is 0.427. The van der Waals surface area contributed by atoms with Gasteiger partial charge in [-0.3, -0.25) is 4.79 Å². The van der Waals surface area contributed by atoms with Crippen LogP contribution in [0, 0.1) is 0 Å². The molecule has 0 aliphatic carbocycles. The van der Waals surface area contributed by atoms with Crippen molar-refractivity contribution in [1.82, 2.24) is 0 Å². The summed E-state index contributed by atoms with van der Waals surface area (Å²) in [5, 5.41) is 2.77. The van der Waals surface area contributed by atoms with E-state index in [1.807, 2.05) is 24.3 Å². The molecule has 0 unspecified atom stereocenters. The number of ether oxygens (including phenoxy) is 3. The highest BCUT2D eigenvalue weighted by molar-refractivity contribution is 5.97. The smallest absolute Gasteiger partial charge is 0.331 e. The van der Waals surface area contributed by atoms with Gasteiger partial charge in [0.25, 0.3) is 5.91 Å². The Hall–Kier alpha value is -4.06. The lowest BCUT2D eigenvalue weighted by atomic mass is 10.1. The predicted octanol–water partition coefficient (Wildman–Crippen LogP) is 4.64. The van der Waals surface area contributed by atoms with E-state index in [1.54, 1.807) is 74.9 Å². The topological polar surface area (TPSA) is 73.9 Å². The Morgan fingerprint density at radius 3 is 2.35 bits per heavy atom. The Bertz CT molecular complexity index is 1060. The molecule has 1 atom stereocenters. The second kappa shape index (κ2) is 10.6. The maximum absolute atomic E-state index is 12.9. The third kappa shape index (κ3) is 5.96. The molecule has 0 spiro atoms. The summed E-state index contributed by atoms with van der Waals surface area (Å²) in [6, 6.07) is 23.1. The molecule has 0 radical (unpaired) electrons. The third-order valence-corrected chi connectivity index (χ3v) is 4.45. The first kappa shape index (κ1) is 21.6. The fourth-order valence-corrected chi connectivity index (χ4v) is 2.93. The molecular formula is C25H23NO5. The van der Waals surface area contributed by atoms with Gasteiger partial charge in [-0.05, 0) is 24.3 Å². The highest BCUT2D eigenvalue weighted by Crippen LogP contribution is 2.23. The number of rotatable bonds is 8. The summed E-state index contributed by atoms with van der Waals surface area (Å²) < 4.78 is 16.0. The molecule has 3 rings (SSSR count). The Kier molecular flexibility index (Phi) is 7.43. The summed E-state index contributed by atoms with van der Waals surface area (Å²) in [6.07, 6.45) is 1.73. The predicted molar refractivity (Wildman–Crippen MR) is 119 cm³/mol. The van der Waals surface area contributed by atoms with Crippen molar-refractivity contribution in [2.24, 2.45) is 0 Å². The number of benzene rings is 3. The van der Waals surface area contributed by atoms with Gasteiger partial charge in [0, 0.05) is 29.0 Å². The zero-order valence-corrected chi connectivity index (χ0v) is 17.3. The third-order valence-electron chi connectivity index (χ3n) is 4.45. The van der Waals surface area contributed by atoms with Crippen molar-refractivity contribution in [2.45, 2.75) is 6.10 Å². The van der Waals surface area contributed by atoms with E-state index in [0.717, 1.165) is 5.56 Å². The first-order valence-electron chi connectivity index (χ1n) is 9.62. The van der Waals surface area contributed by atoms with E-state index in [0.29, 0.717) is 22.7 Å². The highest BCUT2D eigenvalue weighted by Gasteiger charge is 2.24. The van der Waals surface area contributed by atoms with Gasteiger partial charge in [-0.1, -0.05) is 54.6 Å². The second-order valence-corrected chi connectivity index (χ2v) is 6.52. The van der Waals surface area contributed by atoms with E-state index in [-0.39, 0.29) is 0 Å². The number of esters is 1. The van der Waals surface area contributed by atoms with Crippen LogP contribution in [0.2, 0.25) is 0 Å². The van der Waals surface area contributed by atoms with Gasteiger partial charge in [0.05, 0.1) is 14.2 Å². The molecule has 0 aliphatic rings. The number of para-hydroxylation sites is 1. The Morgan fingerprint density at radius 2 is 1.61 bits per heavy atom. The summed E-state index contributed by atoms with van der Waals surface area (Å²) in [4.78, 5) is 25.5. The van der Waals surface area contributed by atoms with Crippen molar-refractivity contribution in [3.8, 4) is 11.5 Å². The minimum atomic E-state index is -1.12. The van der Waals surface area contributed by atoms with E-state index in [9.17, 15) is 9.59 Å². The zero-order chi connectivity index (χ0) is 22.1. The number of hydrogen-bond donors (Lipinski definition) is 1. The minimum absolute atomic E-state index is 0.474. The summed E-state index contributed by atoms with van der Waals surface area (Å²) in [7, 11) is 3.10. The largest absolute Gasteiger partial charge is 0.497 e. The number of methoxy groups -OCH3 is 2. The van der Waals surface area contributed by atoms with E-state index in [1.165, 1.54) is 6.08 Å². The maximum atomic E-state index is 12.9. The molecule has 0 bridgehead atoms. The number of amides is 1. The summed E-state index contributed by atoms with van der Waals surface area (Å²) in [5.41, 5.74) is 1.81. The van der Waals surface area contributed by atoms with Crippen LogP contribution in [0.3, 0.4) is 0 Å². The van der Waals surface area contributed by atoms with Gasteiger partial charge in [-0.2, -0.15) is 0 Å². The number of nitrogens with one attached hydrogen (secondary N) is 1. The lowest BCUT2D eigenvalue weighted by Crippen LogP contribution is -2.25. The van der Waals surface area contributed by atoms with Crippen LogP contribution in [-0.4, -0.2) is 26.1 Å². The molecule has 1 N–H and O–H groups in total. The Morgan fingerprint density at radius 1 is 0.871 bits per heavy atom.